The second-order valence-corrected chi connectivity index (χ2v) is 5.24. The Kier molecular flexibility index (Phi) is 4.76. The van der Waals surface area contributed by atoms with Crippen LogP contribution in [0.15, 0.2) is 18.2 Å². The number of nitro groups is 1. The zero-order valence-electron chi connectivity index (χ0n) is 11.4. The summed E-state index contributed by atoms with van der Waals surface area (Å²) < 4.78 is 5.35. The van der Waals surface area contributed by atoms with Gasteiger partial charge in [-0.05, 0) is 13.0 Å². The lowest BCUT2D eigenvalue weighted by atomic mass is 10.1. The van der Waals surface area contributed by atoms with Crippen molar-refractivity contribution in [1.29, 1.82) is 0 Å². The van der Waals surface area contributed by atoms with Crippen LogP contribution < -0.4 is 0 Å². The molecule has 2 atom stereocenters. The molecule has 0 aromatic heterocycles. The van der Waals surface area contributed by atoms with Crippen LogP contribution >= 0.6 is 11.6 Å². The molecule has 0 radical (unpaired) electrons. The third-order valence-corrected chi connectivity index (χ3v) is 3.69. The van der Waals surface area contributed by atoms with Crippen LogP contribution in [0, 0.1) is 10.1 Å². The third-order valence-electron chi connectivity index (χ3n) is 3.37. The quantitative estimate of drug-likeness (QED) is 0.673. The molecule has 0 spiro atoms. The van der Waals surface area contributed by atoms with Gasteiger partial charge >= 0.3 is 0 Å². The minimum absolute atomic E-state index is 0.0356. The summed E-state index contributed by atoms with van der Waals surface area (Å²) in [4.78, 5) is 24.5. The zero-order chi connectivity index (χ0) is 15.6. The van der Waals surface area contributed by atoms with Gasteiger partial charge < -0.3 is 14.7 Å². The van der Waals surface area contributed by atoms with Crippen molar-refractivity contribution in [3.8, 4) is 0 Å². The predicted molar refractivity (Wildman–Crippen MR) is 75.4 cm³/mol. The number of morpholine rings is 1. The molecule has 21 heavy (non-hydrogen) atoms. The van der Waals surface area contributed by atoms with E-state index in [1.807, 2.05) is 0 Å². The number of carbonyl (C=O) groups excluding carboxylic acids is 1. The molecular formula is C13H15ClN2O5. The Morgan fingerprint density at radius 2 is 2.33 bits per heavy atom. The molecule has 1 amide bonds. The van der Waals surface area contributed by atoms with Gasteiger partial charge in [0.1, 0.15) is 5.56 Å². The number of ether oxygens (including phenoxy) is 1. The summed E-state index contributed by atoms with van der Waals surface area (Å²) in [5.41, 5.74) is -0.457. The molecule has 1 aromatic carbocycles. The van der Waals surface area contributed by atoms with Gasteiger partial charge in [0.15, 0.2) is 0 Å². The fraction of sp³-hybridized carbons (Fsp3) is 0.462. The lowest BCUT2D eigenvalue weighted by Gasteiger charge is -2.37. The van der Waals surface area contributed by atoms with Crippen LogP contribution in [0.4, 0.5) is 5.69 Å². The molecule has 7 nitrogen and oxygen atoms in total. The highest BCUT2D eigenvalue weighted by Crippen LogP contribution is 2.29. The summed E-state index contributed by atoms with van der Waals surface area (Å²) in [5, 5.41) is 20.3. The number of aliphatic hydroxyl groups excluding tert-OH is 1. The van der Waals surface area contributed by atoms with Crippen molar-refractivity contribution < 1.29 is 19.6 Å². The Morgan fingerprint density at radius 1 is 1.62 bits per heavy atom. The SMILES string of the molecule is CC1COC(CO)CN1C(=O)c1c(Cl)cccc1[N+](=O)[O-]. The summed E-state index contributed by atoms with van der Waals surface area (Å²) in [7, 11) is 0. The molecule has 2 rings (SSSR count). The Labute approximate surface area is 126 Å². The predicted octanol–water partition coefficient (Wildman–Crippen LogP) is 1.47. The number of carbonyl (C=O) groups is 1. The van der Waals surface area contributed by atoms with E-state index < -0.39 is 16.9 Å². The molecule has 0 bridgehead atoms. The van der Waals surface area contributed by atoms with E-state index in [4.69, 9.17) is 21.4 Å². The Balaban J connectivity index is 2.37. The second kappa shape index (κ2) is 6.38. The summed E-state index contributed by atoms with van der Waals surface area (Å²) in [6, 6.07) is 3.86. The van der Waals surface area contributed by atoms with E-state index in [2.05, 4.69) is 0 Å². The van der Waals surface area contributed by atoms with E-state index >= 15 is 0 Å². The van der Waals surface area contributed by atoms with Crippen LogP contribution in [0.1, 0.15) is 17.3 Å². The summed E-state index contributed by atoms with van der Waals surface area (Å²) in [6.45, 7) is 1.98. The molecule has 1 fully saturated rings. The number of hydrogen-bond acceptors (Lipinski definition) is 5. The van der Waals surface area contributed by atoms with Crippen LogP contribution in [0.25, 0.3) is 0 Å². The van der Waals surface area contributed by atoms with Crippen LogP contribution in [0.5, 0.6) is 0 Å². The maximum atomic E-state index is 12.6. The first-order chi connectivity index (χ1) is 9.95. The van der Waals surface area contributed by atoms with Gasteiger partial charge in [0, 0.05) is 12.6 Å². The van der Waals surface area contributed by atoms with E-state index in [1.54, 1.807) is 6.92 Å². The highest BCUT2D eigenvalue weighted by Gasteiger charge is 2.34. The van der Waals surface area contributed by atoms with E-state index in [-0.39, 0.29) is 42.1 Å². The summed E-state index contributed by atoms with van der Waals surface area (Å²) in [5.74, 6) is -0.526. The number of halogens is 1. The number of aliphatic hydroxyl groups is 1. The number of nitrogens with zero attached hydrogens (tertiary/aromatic N) is 2. The standard InChI is InChI=1S/C13H15ClN2O5/c1-8-7-21-9(6-17)5-15(8)13(18)12-10(14)3-2-4-11(12)16(19)20/h2-4,8-9,17H,5-7H2,1H3. The molecular weight excluding hydrogens is 300 g/mol. The van der Waals surface area contributed by atoms with Crippen LogP contribution in [-0.2, 0) is 4.74 Å². The van der Waals surface area contributed by atoms with Crippen molar-refractivity contribution in [3.05, 3.63) is 38.9 Å². The van der Waals surface area contributed by atoms with E-state index in [9.17, 15) is 14.9 Å². The highest BCUT2D eigenvalue weighted by molar-refractivity contribution is 6.34. The van der Waals surface area contributed by atoms with Crippen molar-refractivity contribution >= 4 is 23.2 Å². The average molecular weight is 315 g/mol. The largest absolute Gasteiger partial charge is 0.394 e. The Hall–Kier alpha value is -1.70. The van der Waals surface area contributed by atoms with Crippen LogP contribution in [0.2, 0.25) is 5.02 Å². The first-order valence-corrected chi connectivity index (χ1v) is 6.79. The van der Waals surface area contributed by atoms with Crippen LogP contribution in [-0.4, -0.2) is 52.7 Å². The fourth-order valence-corrected chi connectivity index (χ4v) is 2.48. The van der Waals surface area contributed by atoms with Gasteiger partial charge in [-0.25, -0.2) is 0 Å². The van der Waals surface area contributed by atoms with E-state index in [0.717, 1.165) is 0 Å². The number of rotatable bonds is 3. The lowest BCUT2D eigenvalue weighted by molar-refractivity contribution is -0.385. The molecule has 1 heterocycles. The topological polar surface area (TPSA) is 92.9 Å². The maximum absolute atomic E-state index is 12.6. The number of hydrogen-bond donors (Lipinski definition) is 1. The van der Waals surface area contributed by atoms with Crippen LogP contribution in [0.3, 0.4) is 0 Å². The van der Waals surface area contributed by atoms with Gasteiger partial charge in [-0.1, -0.05) is 17.7 Å². The van der Waals surface area contributed by atoms with Crippen molar-refractivity contribution in [3.63, 3.8) is 0 Å². The molecule has 114 valence electrons. The summed E-state index contributed by atoms with van der Waals surface area (Å²) in [6.07, 6.45) is -0.494. The molecule has 1 aliphatic heterocycles. The van der Waals surface area contributed by atoms with E-state index in [1.165, 1.54) is 23.1 Å². The lowest BCUT2D eigenvalue weighted by Crippen LogP contribution is -2.52. The van der Waals surface area contributed by atoms with Crippen molar-refractivity contribution in [2.75, 3.05) is 19.8 Å². The molecule has 1 aliphatic rings. The molecule has 0 saturated carbocycles. The van der Waals surface area contributed by atoms with Gasteiger partial charge in [-0.3, -0.25) is 14.9 Å². The van der Waals surface area contributed by atoms with Gasteiger partial charge in [-0.2, -0.15) is 0 Å². The number of nitro benzene ring substituents is 1. The fourth-order valence-electron chi connectivity index (χ4n) is 2.23. The van der Waals surface area contributed by atoms with Crippen molar-refractivity contribution in [2.24, 2.45) is 0 Å². The van der Waals surface area contributed by atoms with Gasteiger partial charge in [-0.15, -0.1) is 0 Å². The zero-order valence-corrected chi connectivity index (χ0v) is 12.1. The summed E-state index contributed by atoms with van der Waals surface area (Å²) >= 11 is 5.97. The Bertz CT molecular complexity index is 565. The number of benzene rings is 1. The van der Waals surface area contributed by atoms with Gasteiger partial charge in [0.25, 0.3) is 11.6 Å². The smallest absolute Gasteiger partial charge is 0.283 e. The van der Waals surface area contributed by atoms with Crippen molar-refractivity contribution in [1.82, 2.24) is 4.90 Å². The molecule has 8 heteroatoms. The van der Waals surface area contributed by atoms with Gasteiger partial charge in [0.2, 0.25) is 0 Å². The normalized spacial score (nSPS) is 22.1. The minimum atomic E-state index is -0.631. The Morgan fingerprint density at radius 3 is 2.95 bits per heavy atom. The highest BCUT2D eigenvalue weighted by atomic mass is 35.5. The molecule has 1 saturated heterocycles. The maximum Gasteiger partial charge on any atom is 0.283 e. The monoisotopic (exact) mass is 314 g/mol. The molecule has 0 aliphatic carbocycles. The van der Waals surface area contributed by atoms with E-state index in [0.29, 0.717) is 0 Å². The first-order valence-electron chi connectivity index (χ1n) is 6.42. The second-order valence-electron chi connectivity index (χ2n) is 4.84. The van der Waals surface area contributed by atoms with Gasteiger partial charge in [0.05, 0.1) is 35.3 Å². The molecule has 2 unspecified atom stereocenters. The average Bonchev–Trinajstić information content (AvgIpc) is 2.46. The molecule has 1 N–H and O–H groups in total. The minimum Gasteiger partial charge on any atom is -0.394 e. The number of amides is 1. The molecule has 1 aromatic rings. The van der Waals surface area contributed by atoms with Crippen molar-refractivity contribution in [2.45, 2.75) is 19.1 Å². The first kappa shape index (κ1) is 15.7. The third kappa shape index (κ3) is 3.15.